The fourth-order valence-electron chi connectivity index (χ4n) is 10.2. The number of aromatic nitrogens is 3. The highest BCUT2D eigenvalue weighted by Gasteiger charge is 2.30. The van der Waals surface area contributed by atoms with Gasteiger partial charge in [-0.25, -0.2) is 4.98 Å². The first-order chi connectivity index (χ1) is 30.2. The fourth-order valence-corrected chi connectivity index (χ4v) is 10.2. The third kappa shape index (κ3) is 6.05. The Bertz CT molecular complexity index is 3350. The zero-order valence-electron chi connectivity index (χ0n) is 35.9. The van der Waals surface area contributed by atoms with Gasteiger partial charge in [-0.2, -0.15) is 0 Å². The highest BCUT2D eigenvalue weighted by Crippen LogP contribution is 2.48. The molecule has 1 aliphatic heterocycles. The molecule has 11 rings (SSSR count). The maximum absolute atomic E-state index is 7.28. The molecule has 0 saturated carbocycles. The summed E-state index contributed by atoms with van der Waals surface area (Å²) in [6.07, 6.45) is 0. The van der Waals surface area contributed by atoms with E-state index in [-0.39, 0.29) is 0 Å². The zero-order valence-corrected chi connectivity index (χ0v) is 35.9. The lowest BCUT2D eigenvalue weighted by Crippen LogP contribution is -2.25. The van der Waals surface area contributed by atoms with Crippen LogP contribution in [-0.4, -0.2) is 20.8 Å². The summed E-state index contributed by atoms with van der Waals surface area (Å²) in [4.78, 5) is 10.2. The van der Waals surface area contributed by atoms with Crippen LogP contribution in [0.25, 0.3) is 55.6 Å². The molecule has 0 bridgehead atoms. The van der Waals surface area contributed by atoms with Gasteiger partial charge in [-0.15, -0.1) is 0 Å². The van der Waals surface area contributed by atoms with Crippen molar-refractivity contribution in [3.63, 3.8) is 0 Å². The van der Waals surface area contributed by atoms with Crippen molar-refractivity contribution in [3.05, 3.63) is 197 Å². The minimum atomic E-state index is 0.684. The Balaban J connectivity index is 1.11. The lowest BCUT2D eigenvalue weighted by Gasteiger charge is -2.25. The number of imidazole rings is 1. The van der Waals surface area contributed by atoms with Crippen molar-refractivity contribution in [1.29, 1.82) is 0 Å². The predicted octanol–water partition coefficient (Wildman–Crippen LogP) is 14.7. The van der Waals surface area contributed by atoms with Crippen LogP contribution in [0.3, 0.4) is 0 Å². The molecule has 3 heterocycles. The van der Waals surface area contributed by atoms with Gasteiger partial charge in [0, 0.05) is 39.5 Å². The minimum Gasteiger partial charge on any atom is -0.455 e. The van der Waals surface area contributed by atoms with E-state index < -0.39 is 0 Å². The number of aryl methyl sites for hydroxylation is 6. The molecule has 0 spiro atoms. The Morgan fingerprint density at radius 1 is 0.468 bits per heavy atom. The molecule has 10 aromatic rings. The summed E-state index contributed by atoms with van der Waals surface area (Å²) < 4.78 is 12.0. The Morgan fingerprint density at radius 3 is 1.79 bits per heavy atom. The van der Waals surface area contributed by atoms with Crippen LogP contribution >= 0.6 is 0 Å². The van der Waals surface area contributed by atoms with E-state index in [4.69, 9.17) is 9.72 Å². The molecule has 0 N–H and O–H groups in total. The van der Waals surface area contributed by atoms with Crippen LogP contribution < -0.4 is 14.5 Å². The summed E-state index contributed by atoms with van der Waals surface area (Å²) in [7, 11) is 0. The lowest BCUT2D eigenvalue weighted by atomic mass is 10.0. The molecule has 2 aromatic heterocycles. The second-order valence-electron chi connectivity index (χ2n) is 16.9. The molecule has 0 fully saturated rings. The molecule has 0 radical (unpaired) electrons. The van der Waals surface area contributed by atoms with Crippen LogP contribution in [0.4, 0.5) is 22.7 Å². The molecule has 1 aliphatic rings. The van der Waals surface area contributed by atoms with E-state index in [1.165, 1.54) is 50.4 Å². The van der Waals surface area contributed by atoms with E-state index in [1.54, 1.807) is 0 Å². The van der Waals surface area contributed by atoms with E-state index in [0.29, 0.717) is 6.67 Å². The molecule has 6 heteroatoms. The van der Waals surface area contributed by atoms with Crippen molar-refractivity contribution in [1.82, 2.24) is 14.1 Å². The summed E-state index contributed by atoms with van der Waals surface area (Å²) in [5.74, 6) is 2.37. The van der Waals surface area contributed by atoms with Crippen LogP contribution in [-0.2, 0) is 0 Å². The van der Waals surface area contributed by atoms with Crippen LogP contribution in [0, 0.1) is 41.5 Å². The number of benzene rings is 8. The van der Waals surface area contributed by atoms with Gasteiger partial charge in [0.25, 0.3) is 0 Å². The summed E-state index contributed by atoms with van der Waals surface area (Å²) in [5, 5.41) is 2.24. The number of hydrogen-bond donors (Lipinski definition) is 0. The average Bonchev–Trinajstić information content (AvgIpc) is 3.94. The van der Waals surface area contributed by atoms with Crippen molar-refractivity contribution in [2.45, 2.75) is 41.5 Å². The van der Waals surface area contributed by atoms with Gasteiger partial charge in [-0.1, -0.05) is 102 Å². The van der Waals surface area contributed by atoms with Gasteiger partial charge in [0.1, 0.15) is 18.2 Å². The van der Waals surface area contributed by atoms with Crippen LogP contribution in [0.15, 0.2) is 164 Å². The van der Waals surface area contributed by atoms with Crippen molar-refractivity contribution in [2.75, 3.05) is 16.5 Å². The van der Waals surface area contributed by atoms with Gasteiger partial charge < -0.3 is 19.1 Å². The minimum absolute atomic E-state index is 0.684. The van der Waals surface area contributed by atoms with Crippen molar-refractivity contribution >= 4 is 55.6 Å². The van der Waals surface area contributed by atoms with Crippen LogP contribution in [0.5, 0.6) is 11.5 Å². The lowest BCUT2D eigenvalue weighted by molar-refractivity contribution is 0.487. The van der Waals surface area contributed by atoms with Gasteiger partial charge in [-0.3, -0.25) is 4.57 Å². The molecule has 0 aliphatic carbocycles. The van der Waals surface area contributed by atoms with Gasteiger partial charge in [0.15, 0.2) is 5.75 Å². The maximum atomic E-state index is 7.28. The number of nitrogens with zero attached hydrogens (tertiary/aromatic N) is 5. The fraction of sp³-hybridized carbons (Fsp3) is 0.125. The molecule has 0 amide bonds. The molecule has 62 heavy (non-hydrogen) atoms. The maximum Gasteiger partial charge on any atom is 0.152 e. The third-order valence-corrected chi connectivity index (χ3v) is 12.4. The third-order valence-electron chi connectivity index (χ3n) is 12.4. The Kier molecular flexibility index (Phi) is 8.79. The number of fused-ring (bicyclic) bond motifs is 5. The molecular formula is C56H47N5O. The number of para-hydroxylation sites is 6. The second-order valence-corrected chi connectivity index (χ2v) is 16.9. The summed E-state index contributed by atoms with van der Waals surface area (Å²) in [5.41, 5.74) is 19.5. The van der Waals surface area contributed by atoms with Gasteiger partial charge in [-0.05, 0) is 131 Å². The Hall–Kier alpha value is -7.57. The first-order valence-corrected chi connectivity index (χ1v) is 21.4. The zero-order chi connectivity index (χ0) is 42.2. The summed E-state index contributed by atoms with van der Waals surface area (Å²) in [6, 6.07) is 58.5. The summed E-state index contributed by atoms with van der Waals surface area (Å²) in [6.45, 7) is 13.9. The standard InChI is InChI=1S/C56H47N5O/c1-35-27-37(3)53(38(4)28-35)59-34-58(50-25-14-15-26-51(50)59)43-19-16-20-44(33-43)62-52-32-41(31-46-45-21-10-12-23-48(45)60(55(46)52)42-17-8-7-9-18-42)56-57-47-22-11-13-24-49(47)61(56)54-39(5)29-36(2)30-40(54)6/h7-33H,34H2,1-6H3. The van der Waals surface area contributed by atoms with E-state index >= 15 is 0 Å². The molecule has 0 saturated heterocycles. The average molecular weight is 806 g/mol. The smallest absolute Gasteiger partial charge is 0.152 e. The van der Waals surface area contributed by atoms with Crippen molar-refractivity contribution in [3.8, 4) is 34.3 Å². The largest absolute Gasteiger partial charge is 0.455 e. The van der Waals surface area contributed by atoms with Crippen molar-refractivity contribution in [2.24, 2.45) is 0 Å². The Morgan fingerprint density at radius 2 is 1.06 bits per heavy atom. The topological polar surface area (TPSA) is 38.5 Å². The quantitative estimate of drug-likeness (QED) is 0.161. The number of anilines is 4. The first-order valence-electron chi connectivity index (χ1n) is 21.4. The van der Waals surface area contributed by atoms with Gasteiger partial charge >= 0.3 is 0 Å². The second kappa shape index (κ2) is 14.6. The monoisotopic (exact) mass is 805 g/mol. The van der Waals surface area contributed by atoms with E-state index in [9.17, 15) is 0 Å². The van der Waals surface area contributed by atoms with E-state index in [1.807, 2.05) is 0 Å². The van der Waals surface area contributed by atoms with Crippen LogP contribution in [0.2, 0.25) is 0 Å². The SMILES string of the molecule is Cc1cc(C)c(N2CN(c3cccc(Oc4cc(-c5nc6ccccc6n5-c5c(C)cc(C)cc5C)cc5c6ccccc6n(-c6ccccc6)c45)c3)c3ccccc32)c(C)c1. The van der Waals surface area contributed by atoms with E-state index in [0.717, 1.165) is 72.8 Å². The van der Waals surface area contributed by atoms with Gasteiger partial charge in [0.2, 0.25) is 0 Å². The highest BCUT2D eigenvalue weighted by atomic mass is 16.5. The highest BCUT2D eigenvalue weighted by molar-refractivity contribution is 6.12. The molecule has 0 unspecified atom stereocenters. The first kappa shape index (κ1) is 37.4. The van der Waals surface area contributed by atoms with Crippen molar-refractivity contribution < 1.29 is 4.74 Å². The molecule has 8 aromatic carbocycles. The predicted molar refractivity (Wildman–Crippen MR) is 258 cm³/mol. The normalized spacial score (nSPS) is 12.5. The molecular weight excluding hydrogens is 759 g/mol. The Labute approximate surface area is 362 Å². The van der Waals surface area contributed by atoms with Crippen LogP contribution in [0.1, 0.15) is 33.4 Å². The number of rotatable bonds is 7. The number of ether oxygens (including phenoxy) is 1. The van der Waals surface area contributed by atoms with E-state index in [2.05, 4.69) is 224 Å². The number of hydrogen-bond acceptors (Lipinski definition) is 4. The van der Waals surface area contributed by atoms with Gasteiger partial charge in [0.05, 0.1) is 39.1 Å². The molecule has 6 nitrogen and oxygen atoms in total. The molecule has 302 valence electrons. The molecule has 0 atom stereocenters. The summed E-state index contributed by atoms with van der Waals surface area (Å²) >= 11 is 0.